The molecule has 3 aromatic heterocycles. The molecule has 29 heavy (non-hydrogen) atoms. The van der Waals surface area contributed by atoms with Crippen molar-refractivity contribution in [1.82, 2.24) is 29.1 Å². The van der Waals surface area contributed by atoms with Crippen molar-refractivity contribution in [3.05, 3.63) is 67.4 Å². The number of anilines is 3. The van der Waals surface area contributed by atoms with E-state index in [0.29, 0.717) is 23.1 Å². The number of aryl methyl sites for hydroxylation is 2. The van der Waals surface area contributed by atoms with Gasteiger partial charge in [-0.15, -0.1) is 0 Å². The number of sulfonamides is 1. The molecular weight excluding hydrogens is 392 g/mol. The number of benzene rings is 1. The Morgan fingerprint density at radius 2 is 1.79 bits per heavy atom. The fourth-order valence-corrected chi connectivity index (χ4v) is 3.69. The maximum absolute atomic E-state index is 12.4. The average molecular weight is 410 g/mol. The Kier molecular flexibility index (Phi) is 4.72. The van der Waals surface area contributed by atoms with E-state index in [0.717, 1.165) is 5.69 Å². The van der Waals surface area contributed by atoms with Crippen LogP contribution in [0.1, 0.15) is 5.82 Å². The lowest BCUT2D eigenvalue weighted by molar-refractivity contribution is 0.598. The summed E-state index contributed by atoms with van der Waals surface area (Å²) in [5, 5.41) is 3.16. The molecule has 0 amide bonds. The maximum atomic E-state index is 12.4. The quantitative estimate of drug-likeness (QED) is 0.500. The van der Waals surface area contributed by atoms with Crippen LogP contribution in [-0.4, -0.2) is 37.5 Å². The van der Waals surface area contributed by atoms with Gasteiger partial charge in [-0.2, -0.15) is 8.42 Å². The summed E-state index contributed by atoms with van der Waals surface area (Å²) in [7, 11) is -2.02. The monoisotopic (exact) mass is 410 g/mol. The van der Waals surface area contributed by atoms with Gasteiger partial charge in [-0.3, -0.25) is 9.29 Å². The molecule has 0 aliphatic heterocycles. The molecule has 4 rings (SSSR count). The minimum absolute atomic E-state index is 0.0364. The summed E-state index contributed by atoms with van der Waals surface area (Å²) >= 11 is 0. The second-order valence-electron chi connectivity index (χ2n) is 6.31. The Balaban J connectivity index is 1.50. The molecule has 0 saturated carbocycles. The Morgan fingerprint density at radius 3 is 2.45 bits per heavy atom. The number of hydrogen-bond donors (Lipinski definition) is 2. The number of imidazole rings is 2. The highest BCUT2D eigenvalue weighted by Gasteiger charge is 2.17. The van der Waals surface area contributed by atoms with E-state index in [4.69, 9.17) is 0 Å². The standard InChI is InChI=1S/C18H18N8O2S/c1-13-21-16(9-17(22-13)26-8-7-19-11-26)23-14-3-5-15(6-4-14)24-29(27,28)18-10-25(2)12-20-18/h3-12,24H,1-2H3,(H,21,22,23). The molecule has 10 nitrogen and oxygen atoms in total. The van der Waals surface area contributed by atoms with Crippen LogP contribution in [0.2, 0.25) is 0 Å². The van der Waals surface area contributed by atoms with Crippen LogP contribution in [0.25, 0.3) is 5.82 Å². The topological polar surface area (TPSA) is 120 Å². The predicted molar refractivity (Wildman–Crippen MR) is 108 cm³/mol. The molecule has 3 heterocycles. The number of nitrogens with zero attached hydrogens (tertiary/aromatic N) is 6. The minimum atomic E-state index is -3.73. The van der Waals surface area contributed by atoms with Crippen LogP contribution in [-0.2, 0) is 17.1 Å². The summed E-state index contributed by atoms with van der Waals surface area (Å²) in [6.45, 7) is 1.81. The third-order valence-corrected chi connectivity index (χ3v) is 5.23. The van der Waals surface area contributed by atoms with E-state index in [1.54, 1.807) is 72.2 Å². The van der Waals surface area contributed by atoms with E-state index >= 15 is 0 Å². The minimum Gasteiger partial charge on any atom is -0.340 e. The Morgan fingerprint density at radius 1 is 1.03 bits per heavy atom. The average Bonchev–Trinajstić information content (AvgIpc) is 3.35. The molecule has 0 aliphatic rings. The predicted octanol–water partition coefficient (Wildman–Crippen LogP) is 2.25. The molecule has 11 heteroatoms. The third kappa shape index (κ3) is 4.24. The zero-order chi connectivity index (χ0) is 20.4. The maximum Gasteiger partial charge on any atom is 0.280 e. The highest BCUT2D eigenvalue weighted by atomic mass is 32.2. The summed E-state index contributed by atoms with van der Waals surface area (Å²) < 4.78 is 30.6. The SMILES string of the molecule is Cc1nc(Nc2ccc(NS(=O)(=O)c3cn(C)cn3)cc2)cc(-n2ccnc2)n1. The molecule has 0 aliphatic carbocycles. The van der Waals surface area contributed by atoms with Crippen molar-refractivity contribution >= 4 is 27.2 Å². The smallest absolute Gasteiger partial charge is 0.280 e. The first kappa shape index (κ1) is 18.6. The first-order valence-electron chi connectivity index (χ1n) is 8.61. The molecule has 0 fully saturated rings. The van der Waals surface area contributed by atoms with Gasteiger partial charge in [0.1, 0.15) is 23.8 Å². The lowest BCUT2D eigenvalue weighted by Gasteiger charge is -2.10. The van der Waals surface area contributed by atoms with E-state index in [1.165, 1.54) is 12.5 Å². The van der Waals surface area contributed by atoms with Crippen molar-refractivity contribution in [3.63, 3.8) is 0 Å². The van der Waals surface area contributed by atoms with Crippen molar-refractivity contribution in [2.45, 2.75) is 11.9 Å². The zero-order valence-corrected chi connectivity index (χ0v) is 16.5. The van der Waals surface area contributed by atoms with Crippen LogP contribution in [0.15, 0.2) is 66.6 Å². The van der Waals surface area contributed by atoms with Gasteiger partial charge in [0.2, 0.25) is 0 Å². The summed E-state index contributed by atoms with van der Waals surface area (Å²) in [5.41, 5.74) is 1.18. The molecule has 0 atom stereocenters. The van der Waals surface area contributed by atoms with Crippen molar-refractivity contribution in [3.8, 4) is 5.82 Å². The molecule has 2 N–H and O–H groups in total. The van der Waals surface area contributed by atoms with Crippen LogP contribution < -0.4 is 10.0 Å². The van der Waals surface area contributed by atoms with Crippen LogP contribution in [0.3, 0.4) is 0 Å². The molecule has 1 aromatic carbocycles. The first-order valence-corrected chi connectivity index (χ1v) is 10.1. The van der Waals surface area contributed by atoms with Crippen LogP contribution in [0.5, 0.6) is 0 Å². The van der Waals surface area contributed by atoms with Crippen LogP contribution >= 0.6 is 0 Å². The second-order valence-corrected chi connectivity index (χ2v) is 7.94. The largest absolute Gasteiger partial charge is 0.340 e. The Labute approximate surface area is 167 Å². The lowest BCUT2D eigenvalue weighted by atomic mass is 10.3. The van der Waals surface area contributed by atoms with Gasteiger partial charge >= 0.3 is 0 Å². The molecule has 0 spiro atoms. The van der Waals surface area contributed by atoms with Gasteiger partial charge in [-0.05, 0) is 31.2 Å². The fraction of sp³-hybridized carbons (Fsp3) is 0.111. The molecule has 0 unspecified atom stereocenters. The van der Waals surface area contributed by atoms with Gasteiger partial charge in [0.05, 0.1) is 6.33 Å². The van der Waals surface area contributed by atoms with E-state index in [2.05, 4.69) is 30.0 Å². The lowest BCUT2D eigenvalue weighted by Crippen LogP contribution is -2.13. The van der Waals surface area contributed by atoms with Gasteiger partial charge in [-0.25, -0.2) is 19.9 Å². The summed E-state index contributed by atoms with van der Waals surface area (Å²) in [6, 6.07) is 8.63. The van der Waals surface area contributed by atoms with Gasteiger partial charge < -0.3 is 9.88 Å². The van der Waals surface area contributed by atoms with E-state index < -0.39 is 10.0 Å². The fourth-order valence-electron chi connectivity index (χ4n) is 2.65. The highest BCUT2D eigenvalue weighted by molar-refractivity contribution is 7.92. The van der Waals surface area contributed by atoms with Gasteiger partial charge in [0.25, 0.3) is 10.0 Å². The summed E-state index contributed by atoms with van der Waals surface area (Å²) in [5.74, 6) is 1.92. The summed E-state index contributed by atoms with van der Waals surface area (Å²) in [4.78, 5) is 16.7. The molecule has 0 radical (unpaired) electrons. The summed E-state index contributed by atoms with van der Waals surface area (Å²) in [6.07, 6.45) is 8.01. The third-order valence-electron chi connectivity index (χ3n) is 3.96. The molecular formula is C18H18N8O2S. The normalized spacial score (nSPS) is 11.4. The van der Waals surface area contributed by atoms with Crippen LogP contribution in [0.4, 0.5) is 17.2 Å². The van der Waals surface area contributed by atoms with Gasteiger partial charge in [0, 0.05) is 43.1 Å². The van der Waals surface area contributed by atoms with Crippen molar-refractivity contribution in [1.29, 1.82) is 0 Å². The number of hydrogen-bond acceptors (Lipinski definition) is 7. The van der Waals surface area contributed by atoms with Gasteiger partial charge in [0.15, 0.2) is 5.03 Å². The van der Waals surface area contributed by atoms with E-state index in [1.807, 2.05) is 0 Å². The number of aromatic nitrogens is 6. The number of nitrogens with one attached hydrogen (secondary N) is 2. The Hall–Kier alpha value is -3.73. The highest BCUT2D eigenvalue weighted by Crippen LogP contribution is 2.21. The van der Waals surface area contributed by atoms with Crippen molar-refractivity contribution < 1.29 is 8.42 Å². The van der Waals surface area contributed by atoms with E-state index in [9.17, 15) is 8.42 Å². The van der Waals surface area contributed by atoms with Crippen molar-refractivity contribution in [2.24, 2.45) is 7.05 Å². The van der Waals surface area contributed by atoms with E-state index in [-0.39, 0.29) is 5.03 Å². The second kappa shape index (κ2) is 7.36. The molecule has 0 saturated heterocycles. The molecule has 4 aromatic rings. The Bertz CT molecular complexity index is 1230. The van der Waals surface area contributed by atoms with Gasteiger partial charge in [-0.1, -0.05) is 0 Å². The molecule has 0 bridgehead atoms. The van der Waals surface area contributed by atoms with Crippen molar-refractivity contribution in [2.75, 3.05) is 10.0 Å². The molecule has 148 valence electrons. The zero-order valence-electron chi connectivity index (χ0n) is 15.7. The number of rotatable bonds is 6. The first-order chi connectivity index (χ1) is 13.9. The van der Waals surface area contributed by atoms with Crippen LogP contribution in [0, 0.1) is 6.92 Å².